The number of rotatable bonds is 4. The molecule has 0 unspecified atom stereocenters. The van der Waals surface area contributed by atoms with Crippen molar-refractivity contribution in [2.24, 2.45) is 5.92 Å². The second-order valence-electron chi connectivity index (χ2n) is 8.02. The van der Waals surface area contributed by atoms with Crippen LogP contribution in [0.4, 0.5) is 5.69 Å². The molecule has 2 heterocycles. The maximum absolute atomic E-state index is 13.2. The summed E-state index contributed by atoms with van der Waals surface area (Å²) in [5, 5.41) is 8.49. The van der Waals surface area contributed by atoms with Gasteiger partial charge >= 0.3 is 0 Å². The van der Waals surface area contributed by atoms with Crippen molar-refractivity contribution in [2.45, 2.75) is 46.7 Å². The zero-order chi connectivity index (χ0) is 19.1. The van der Waals surface area contributed by atoms with Gasteiger partial charge < -0.3 is 10.6 Å². The maximum Gasteiger partial charge on any atom is 0.256 e. The Hall–Kier alpha value is -2.82. The second-order valence-corrected chi connectivity index (χ2v) is 8.02. The summed E-state index contributed by atoms with van der Waals surface area (Å²) in [5.74, 6) is 0.601. The minimum Gasteiger partial charge on any atom is -0.398 e. The van der Waals surface area contributed by atoms with Crippen LogP contribution in [0.2, 0.25) is 0 Å². The molecule has 0 radical (unpaired) electrons. The highest BCUT2D eigenvalue weighted by Crippen LogP contribution is 2.29. The molecule has 4 rings (SSSR count). The molecule has 1 amide bonds. The van der Waals surface area contributed by atoms with Gasteiger partial charge in [-0.15, -0.1) is 0 Å². The normalized spacial score (nSPS) is 13.6. The first-order valence-electron chi connectivity index (χ1n) is 9.56. The smallest absolute Gasteiger partial charge is 0.256 e. The van der Waals surface area contributed by atoms with Gasteiger partial charge in [0.2, 0.25) is 0 Å². The van der Waals surface area contributed by atoms with Gasteiger partial charge in [0, 0.05) is 29.9 Å². The van der Waals surface area contributed by atoms with E-state index < -0.39 is 0 Å². The van der Waals surface area contributed by atoms with Crippen LogP contribution < -0.4 is 5.73 Å². The van der Waals surface area contributed by atoms with Gasteiger partial charge in [-0.05, 0) is 48.9 Å². The molecule has 1 aliphatic heterocycles. The number of anilines is 1. The average Bonchev–Trinajstić information content (AvgIpc) is 3.21. The lowest BCUT2D eigenvalue weighted by molar-refractivity contribution is 0.0752. The predicted octanol–water partition coefficient (Wildman–Crippen LogP) is 4.20. The van der Waals surface area contributed by atoms with E-state index in [0.717, 1.165) is 29.4 Å². The number of aryl methyl sites for hydroxylation is 2. The molecule has 3 N–H and O–H groups in total. The minimum absolute atomic E-state index is 0.0146. The molecule has 0 saturated heterocycles. The maximum atomic E-state index is 13.2. The van der Waals surface area contributed by atoms with Crippen molar-refractivity contribution < 1.29 is 4.79 Å². The summed E-state index contributed by atoms with van der Waals surface area (Å²) in [5.41, 5.74) is 12.8. The summed E-state index contributed by atoms with van der Waals surface area (Å²) in [7, 11) is 0. The largest absolute Gasteiger partial charge is 0.398 e. The number of carbonyl (C=O) groups is 1. The van der Waals surface area contributed by atoms with E-state index in [2.05, 4.69) is 49.2 Å². The zero-order valence-electron chi connectivity index (χ0n) is 16.2. The molecule has 1 aliphatic rings. The number of amides is 1. The SMILES string of the molecule is Cc1ccc2c(c1)CN(C(=O)c1cc3c(CCC(C)C)[nH]nc3cc1N)C2. The first-order chi connectivity index (χ1) is 12.9. The number of hydrogen-bond donors (Lipinski definition) is 2. The van der Waals surface area contributed by atoms with Gasteiger partial charge in [-0.1, -0.05) is 37.6 Å². The number of fused-ring (bicyclic) bond motifs is 2. The summed E-state index contributed by atoms with van der Waals surface area (Å²) in [6, 6.07) is 10.1. The van der Waals surface area contributed by atoms with Gasteiger partial charge in [-0.3, -0.25) is 9.89 Å². The molecule has 0 spiro atoms. The number of nitrogens with zero attached hydrogens (tertiary/aromatic N) is 2. The van der Waals surface area contributed by atoms with Crippen molar-refractivity contribution in [3.05, 3.63) is 58.3 Å². The van der Waals surface area contributed by atoms with Gasteiger partial charge in [-0.2, -0.15) is 5.10 Å². The summed E-state index contributed by atoms with van der Waals surface area (Å²) in [4.78, 5) is 15.1. The fourth-order valence-corrected chi connectivity index (χ4v) is 3.77. The van der Waals surface area contributed by atoms with E-state index in [-0.39, 0.29) is 5.91 Å². The molecule has 0 aliphatic carbocycles. The van der Waals surface area contributed by atoms with Gasteiger partial charge in [-0.25, -0.2) is 0 Å². The van der Waals surface area contributed by atoms with Gasteiger partial charge in [0.1, 0.15) is 0 Å². The molecule has 0 fully saturated rings. The number of benzene rings is 2. The molecule has 5 heteroatoms. The van der Waals surface area contributed by atoms with Crippen molar-refractivity contribution in [1.29, 1.82) is 0 Å². The van der Waals surface area contributed by atoms with Crippen LogP contribution in [0.3, 0.4) is 0 Å². The number of nitrogens with two attached hydrogens (primary N) is 1. The number of hydrogen-bond acceptors (Lipinski definition) is 3. The van der Waals surface area contributed by atoms with Crippen molar-refractivity contribution in [2.75, 3.05) is 5.73 Å². The summed E-state index contributed by atoms with van der Waals surface area (Å²) < 4.78 is 0. The Morgan fingerprint density at radius 2 is 2.00 bits per heavy atom. The van der Waals surface area contributed by atoms with Gasteiger partial charge in [0.05, 0.1) is 11.1 Å². The minimum atomic E-state index is -0.0146. The van der Waals surface area contributed by atoms with Gasteiger partial charge in [0.25, 0.3) is 5.91 Å². The first kappa shape index (κ1) is 17.6. The molecule has 0 atom stereocenters. The fraction of sp³-hybridized carbons (Fsp3) is 0.364. The second kappa shape index (κ2) is 6.72. The standard InChI is InChI=1S/C22H26N4O/c1-13(2)4-7-20-18-9-17(19(23)10-21(18)25-24-20)22(27)26-11-15-6-5-14(3)8-16(15)12-26/h5-6,8-10,13H,4,7,11-12,23H2,1-3H3,(H,24,25). The van der Waals surface area contributed by atoms with E-state index in [1.807, 2.05) is 17.0 Å². The molecule has 1 aromatic heterocycles. The topological polar surface area (TPSA) is 75.0 Å². The molecular weight excluding hydrogens is 336 g/mol. The Labute approximate surface area is 159 Å². The lowest BCUT2D eigenvalue weighted by atomic mass is 10.0. The van der Waals surface area contributed by atoms with Crippen LogP contribution in [0.15, 0.2) is 30.3 Å². The third kappa shape index (κ3) is 3.29. The molecule has 140 valence electrons. The number of nitrogens with one attached hydrogen (secondary N) is 1. The monoisotopic (exact) mass is 362 g/mol. The van der Waals surface area contributed by atoms with Crippen LogP contribution in [-0.2, 0) is 19.5 Å². The predicted molar refractivity (Wildman–Crippen MR) is 108 cm³/mol. The Kier molecular flexibility index (Phi) is 4.38. The highest BCUT2D eigenvalue weighted by atomic mass is 16.2. The zero-order valence-corrected chi connectivity index (χ0v) is 16.2. The van der Waals surface area contributed by atoms with E-state index in [4.69, 9.17) is 5.73 Å². The number of aromatic amines is 1. The van der Waals surface area contributed by atoms with Crippen molar-refractivity contribution in [1.82, 2.24) is 15.1 Å². The fourth-order valence-electron chi connectivity index (χ4n) is 3.77. The average molecular weight is 362 g/mol. The molecule has 27 heavy (non-hydrogen) atoms. The molecule has 2 aromatic carbocycles. The van der Waals surface area contributed by atoms with E-state index in [1.54, 1.807) is 0 Å². The molecule has 0 bridgehead atoms. The molecule has 5 nitrogen and oxygen atoms in total. The summed E-state index contributed by atoms with van der Waals surface area (Å²) in [6.07, 6.45) is 1.99. The Morgan fingerprint density at radius 3 is 2.78 bits per heavy atom. The quantitative estimate of drug-likeness (QED) is 0.683. The number of H-pyrrole nitrogens is 1. The van der Waals surface area contributed by atoms with Crippen LogP contribution in [0.1, 0.15) is 53.0 Å². The highest BCUT2D eigenvalue weighted by molar-refractivity contribution is 6.03. The van der Waals surface area contributed by atoms with E-state index in [0.29, 0.717) is 30.3 Å². The third-order valence-corrected chi connectivity index (χ3v) is 5.38. The summed E-state index contributed by atoms with van der Waals surface area (Å²) in [6.45, 7) is 7.77. The molecular formula is C22H26N4O. The van der Waals surface area contributed by atoms with Gasteiger partial charge in [0.15, 0.2) is 0 Å². The van der Waals surface area contributed by atoms with Crippen LogP contribution in [0.25, 0.3) is 10.9 Å². The number of aromatic nitrogens is 2. The lowest BCUT2D eigenvalue weighted by Gasteiger charge is -2.17. The molecule has 0 saturated carbocycles. The molecule has 3 aromatic rings. The van der Waals surface area contributed by atoms with E-state index >= 15 is 0 Å². The Bertz CT molecular complexity index is 1020. The Balaban J connectivity index is 1.64. The third-order valence-electron chi connectivity index (χ3n) is 5.38. The van der Waals surface area contributed by atoms with Crippen LogP contribution in [0.5, 0.6) is 0 Å². The van der Waals surface area contributed by atoms with Crippen LogP contribution in [-0.4, -0.2) is 21.0 Å². The van der Waals surface area contributed by atoms with E-state index in [9.17, 15) is 4.79 Å². The first-order valence-corrected chi connectivity index (χ1v) is 9.56. The Morgan fingerprint density at radius 1 is 1.22 bits per heavy atom. The number of carbonyl (C=O) groups excluding carboxylic acids is 1. The highest BCUT2D eigenvalue weighted by Gasteiger charge is 2.26. The number of nitrogen functional groups attached to an aromatic ring is 1. The lowest BCUT2D eigenvalue weighted by Crippen LogP contribution is -2.26. The van der Waals surface area contributed by atoms with Crippen molar-refractivity contribution >= 4 is 22.5 Å². The van der Waals surface area contributed by atoms with E-state index in [1.165, 1.54) is 16.7 Å². The van der Waals surface area contributed by atoms with Crippen LogP contribution in [0, 0.1) is 12.8 Å². The summed E-state index contributed by atoms with van der Waals surface area (Å²) >= 11 is 0. The van der Waals surface area contributed by atoms with Crippen LogP contribution >= 0.6 is 0 Å². The van der Waals surface area contributed by atoms with Crippen molar-refractivity contribution in [3.8, 4) is 0 Å². The van der Waals surface area contributed by atoms with Crippen molar-refractivity contribution in [3.63, 3.8) is 0 Å².